The molecule has 5 nitrogen and oxygen atoms in total. The molecule has 0 rings (SSSR count). The van der Waals surface area contributed by atoms with Crippen molar-refractivity contribution in [3.8, 4) is 0 Å². The summed E-state index contributed by atoms with van der Waals surface area (Å²) in [5.74, 6) is 0. The number of hydrogen-bond donors (Lipinski definition) is 1. The molecule has 0 aliphatic heterocycles. The predicted molar refractivity (Wildman–Crippen MR) is 90.9 cm³/mol. The van der Waals surface area contributed by atoms with Crippen molar-refractivity contribution in [2.24, 2.45) is 0 Å². The maximum Gasteiger partial charge on any atom is 0.337 e. The molecule has 0 aliphatic rings. The third-order valence-electron chi connectivity index (χ3n) is 3.74. The fourth-order valence-electron chi connectivity index (χ4n) is 2.10. The molecule has 0 spiro atoms. The average molecular weight is 322 g/mol. The first kappa shape index (κ1) is 21.0. The second-order valence-corrected chi connectivity index (χ2v) is 10.4. The fourth-order valence-corrected chi connectivity index (χ4v) is 4.32. The smallest absolute Gasteiger partial charge is 0.337 e. The van der Waals surface area contributed by atoms with Crippen LogP contribution in [0.25, 0.3) is 0 Å². The molecule has 0 saturated carbocycles. The summed E-state index contributed by atoms with van der Waals surface area (Å²) in [7, 11) is 8.22. The van der Waals surface area contributed by atoms with Crippen molar-refractivity contribution in [2.45, 2.75) is 31.9 Å². The maximum absolute atomic E-state index is 5.63. The Morgan fingerprint density at radius 1 is 0.952 bits per heavy atom. The van der Waals surface area contributed by atoms with Gasteiger partial charge < -0.3 is 23.4 Å². The van der Waals surface area contributed by atoms with Gasteiger partial charge in [-0.1, -0.05) is 6.92 Å². The van der Waals surface area contributed by atoms with Crippen LogP contribution in [0.3, 0.4) is 0 Å². The molecule has 0 aliphatic carbocycles. The zero-order valence-electron chi connectivity index (χ0n) is 15.0. The van der Waals surface area contributed by atoms with Crippen molar-refractivity contribution >= 4 is 8.56 Å². The topological polar surface area (TPSA) is 39.7 Å². The van der Waals surface area contributed by atoms with E-state index in [1.165, 1.54) is 0 Å². The van der Waals surface area contributed by atoms with Crippen LogP contribution >= 0.6 is 0 Å². The molecule has 128 valence electrons. The van der Waals surface area contributed by atoms with Crippen molar-refractivity contribution < 1.29 is 18.1 Å². The number of quaternary nitrogens is 1. The second kappa shape index (κ2) is 11.6. The minimum Gasteiger partial charge on any atom is -0.398 e. The fraction of sp³-hybridized carbons (Fsp3) is 1.00. The van der Waals surface area contributed by atoms with Crippen LogP contribution in [0.5, 0.6) is 0 Å². The number of hydrogen-bond acceptors (Lipinski definition) is 4. The van der Waals surface area contributed by atoms with Crippen molar-refractivity contribution in [1.29, 1.82) is 0 Å². The zero-order chi connectivity index (χ0) is 16.2. The summed E-state index contributed by atoms with van der Waals surface area (Å²) < 4.78 is 17.8. The van der Waals surface area contributed by atoms with Gasteiger partial charge in [0.2, 0.25) is 0 Å². The lowest BCUT2D eigenvalue weighted by Crippen LogP contribution is -2.39. The lowest BCUT2D eigenvalue weighted by Gasteiger charge is -2.25. The van der Waals surface area contributed by atoms with Crippen LogP contribution in [0.15, 0.2) is 0 Å². The quantitative estimate of drug-likeness (QED) is 0.301. The number of likely N-dealkylation sites (N-methyl/N-ethyl adjacent to an activating group) is 1. The molecular formula is C15H37N2O3Si+. The SMILES string of the molecule is CC[Si](CCCNCCCOCC[N+](C)(C)C)(OC)OC. The Balaban J connectivity index is 3.41. The molecule has 0 aromatic heterocycles. The number of nitrogens with zero attached hydrogens (tertiary/aromatic N) is 1. The van der Waals surface area contributed by atoms with Crippen molar-refractivity contribution in [1.82, 2.24) is 5.32 Å². The van der Waals surface area contributed by atoms with Crippen LogP contribution in [0.4, 0.5) is 0 Å². The van der Waals surface area contributed by atoms with E-state index < -0.39 is 8.56 Å². The Morgan fingerprint density at radius 2 is 1.57 bits per heavy atom. The molecule has 0 saturated heterocycles. The predicted octanol–water partition coefficient (Wildman–Crippen LogP) is 1.83. The zero-order valence-corrected chi connectivity index (χ0v) is 16.0. The molecule has 0 heterocycles. The van der Waals surface area contributed by atoms with Crippen LogP contribution < -0.4 is 5.32 Å². The second-order valence-electron chi connectivity index (χ2n) is 6.51. The Hall–Kier alpha value is 0.0169. The lowest BCUT2D eigenvalue weighted by molar-refractivity contribution is -0.870. The van der Waals surface area contributed by atoms with E-state index in [1.54, 1.807) is 14.2 Å². The Kier molecular flexibility index (Phi) is 11.6. The van der Waals surface area contributed by atoms with Gasteiger partial charge in [0, 0.05) is 20.8 Å². The normalized spacial score (nSPS) is 12.9. The van der Waals surface area contributed by atoms with E-state index in [0.717, 1.165) is 62.3 Å². The highest BCUT2D eigenvalue weighted by Gasteiger charge is 2.32. The third kappa shape index (κ3) is 11.3. The monoisotopic (exact) mass is 321 g/mol. The van der Waals surface area contributed by atoms with Gasteiger partial charge in [-0.2, -0.15) is 0 Å². The van der Waals surface area contributed by atoms with Crippen molar-refractivity contribution in [3.05, 3.63) is 0 Å². The lowest BCUT2D eigenvalue weighted by atomic mass is 10.4. The number of ether oxygens (including phenoxy) is 1. The summed E-state index contributed by atoms with van der Waals surface area (Å²) in [4.78, 5) is 0. The minimum atomic E-state index is -1.89. The summed E-state index contributed by atoms with van der Waals surface area (Å²) >= 11 is 0. The molecule has 0 amide bonds. The van der Waals surface area contributed by atoms with Crippen LogP contribution in [0.1, 0.15) is 19.8 Å². The molecule has 0 atom stereocenters. The van der Waals surface area contributed by atoms with Gasteiger partial charge in [-0.3, -0.25) is 0 Å². The van der Waals surface area contributed by atoms with Crippen LogP contribution in [0, 0.1) is 0 Å². The van der Waals surface area contributed by atoms with Crippen LogP contribution in [-0.2, 0) is 13.6 Å². The van der Waals surface area contributed by atoms with E-state index in [-0.39, 0.29) is 0 Å². The minimum absolute atomic E-state index is 0.843. The van der Waals surface area contributed by atoms with Gasteiger partial charge in [0.05, 0.1) is 27.7 Å². The molecule has 0 aromatic rings. The van der Waals surface area contributed by atoms with E-state index in [4.69, 9.17) is 13.6 Å². The molecule has 6 heteroatoms. The van der Waals surface area contributed by atoms with E-state index >= 15 is 0 Å². The molecule has 0 bridgehead atoms. The van der Waals surface area contributed by atoms with E-state index in [2.05, 4.69) is 33.4 Å². The van der Waals surface area contributed by atoms with Gasteiger partial charge >= 0.3 is 8.56 Å². The number of rotatable bonds is 14. The first-order valence-corrected chi connectivity index (χ1v) is 10.3. The highest BCUT2D eigenvalue weighted by atomic mass is 28.4. The van der Waals surface area contributed by atoms with Gasteiger partial charge in [0.1, 0.15) is 6.54 Å². The van der Waals surface area contributed by atoms with Gasteiger partial charge in [-0.25, -0.2) is 0 Å². The average Bonchev–Trinajstić information content (AvgIpc) is 2.44. The molecule has 0 fully saturated rings. The maximum atomic E-state index is 5.63. The molecule has 1 N–H and O–H groups in total. The third-order valence-corrected chi connectivity index (χ3v) is 7.42. The molecule has 0 aromatic carbocycles. The van der Waals surface area contributed by atoms with Crippen molar-refractivity contribution in [2.75, 3.05) is 68.2 Å². The molecule has 0 unspecified atom stereocenters. The first-order valence-electron chi connectivity index (χ1n) is 8.08. The summed E-state index contributed by atoms with van der Waals surface area (Å²) in [6.07, 6.45) is 2.19. The van der Waals surface area contributed by atoms with Gasteiger partial charge in [-0.15, -0.1) is 0 Å². The van der Waals surface area contributed by atoms with Crippen LogP contribution in [-0.4, -0.2) is 81.3 Å². The highest BCUT2D eigenvalue weighted by molar-refractivity contribution is 6.67. The molecular weight excluding hydrogens is 284 g/mol. The molecule has 0 radical (unpaired) electrons. The Labute approximate surface area is 132 Å². The van der Waals surface area contributed by atoms with E-state index in [0.29, 0.717) is 0 Å². The van der Waals surface area contributed by atoms with Gasteiger partial charge in [-0.05, 0) is 38.0 Å². The van der Waals surface area contributed by atoms with Crippen molar-refractivity contribution in [3.63, 3.8) is 0 Å². The van der Waals surface area contributed by atoms with Crippen LogP contribution in [0.2, 0.25) is 12.1 Å². The summed E-state index contributed by atoms with van der Waals surface area (Å²) in [6.45, 7) is 6.95. The first-order chi connectivity index (χ1) is 9.89. The Bertz CT molecular complexity index is 235. The van der Waals surface area contributed by atoms with E-state index in [1.807, 2.05) is 0 Å². The summed E-state index contributed by atoms with van der Waals surface area (Å²) in [6, 6.07) is 2.07. The molecule has 21 heavy (non-hydrogen) atoms. The van der Waals surface area contributed by atoms with Gasteiger partial charge in [0.25, 0.3) is 0 Å². The van der Waals surface area contributed by atoms with Gasteiger partial charge in [0.15, 0.2) is 0 Å². The summed E-state index contributed by atoms with van der Waals surface area (Å²) in [5, 5.41) is 3.46. The van der Waals surface area contributed by atoms with E-state index in [9.17, 15) is 0 Å². The largest absolute Gasteiger partial charge is 0.398 e. The highest BCUT2D eigenvalue weighted by Crippen LogP contribution is 2.18. The standard InChI is InChI=1S/C15H37N2O3Si/c1-7-21(18-5,19-6)15-9-11-16-10-8-13-20-14-12-17(2,3)4/h16H,7-15H2,1-6H3/q+1. The Morgan fingerprint density at radius 3 is 2.10 bits per heavy atom. The number of nitrogens with one attached hydrogen (secondary N) is 1. The summed E-state index contributed by atoms with van der Waals surface area (Å²) in [5.41, 5.74) is 0.